The van der Waals surface area contributed by atoms with Crippen LogP contribution in [0.3, 0.4) is 0 Å². The van der Waals surface area contributed by atoms with Gasteiger partial charge in [0.05, 0.1) is 5.69 Å². The van der Waals surface area contributed by atoms with Gasteiger partial charge in [-0.2, -0.15) is 0 Å². The number of nitrogens with one attached hydrogen (secondary N) is 1. The Balaban J connectivity index is 2.16. The molecule has 0 amide bonds. The molecule has 1 unspecified atom stereocenters. The van der Waals surface area contributed by atoms with Crippen LogP contribution in [0.15, 0.2) is 18.3 Å². The van der Waals surface area contributed by atoms with Crippen LogP contribution in [0.4, 0.5) is 0 Å². The second-order valence-electron chi connectivity index (χ2n) is 4.06. The molecule has 1 saturated heterocycles. The molecule has 0 aliphatic carbocycles. The van der Waals surface area contributed by atoms with Crippen LogP contribution in [0.2, 0.25) is 0 Å². The molecule has 1 aliphatic rings. The smallest absolute Gasteiger partial charge is 0.0602 e. The molecule has 2 rings (SSSR count). The molecular formula is C12H18N2. The number of hydrogen-bond acceptors (Lipinski definition) is 2. The largest absolute Gasteiger partial charge is 0.309 e. The van der Waals surface area contributed by atoms with Crippen LogP contribution in [-0.2, 0) is 0 Å². The first-order chi connectivity index (χ1) is 6.88. The highest BCUT2D eigenvalue weighted by molar-refractivity contribution is 5.21. The molecule has 2 nitrogen and oxygen atoms in total. The fourth-order valence-electron chi connectivity index (χ4n) is 2.12. The third kappa shape index (κ3) is 2.13. The maximum atomic E-state index is 4.48. The summed E-state index contributed by atoms with van der Waals surface area (Å²) in [6.07, 6.45) is 7.12. The molecule has 0 spiro atoms. The summed E-state index contributed by atoms with van der Waals surface area (Å²) in [5.41, 5.74) is 2.56. The van der Waals surface area contributed by atoms with Crippen LogP contribution < -0.4 is 5.32 Å². The summed E-state index contributed by atoms with van der Waals surface area (Å²) in [5.74, 6) is 0. The Morgan fingerprint density at radius 3 is 3.14 bits per heavy atom. The van der Waals surface area contributed by atoms with Gasteiger partial charge in [0.15, 0.2) is 0 Å². The lowest BCUT2D eigenvalue weighted by molar-refractivity contribution is 0.519. The van der Waals surface area contributed by atoms with Gasteiger partial charge < -0.3 is 5.32 Å². The molecule has 0 radical (unpaired) electrons. The van der Waals surface area contributed by atoms with Crippen molar-refractivity contribution in [3.8, 4) is 0 Å². The van der Waals surface area contributed by atoms with Crippen molar-refractivity contribution < 1.29 is 0 Å². The molecule has 1 fully saturated rings. The highest BCUT2D eigenvalue weighted by atomic mass is 14.9. The maximum absolute atomic E-state index is 4.48. The minimum Gasteiger partial charge on any atom is -0.309 e. The first-order valence-corrected chi connectivity index (χ1v) is 5.53. The SMILES string of the molecule is Cc1cccnc1C1CCCCCN1. The van der Waals surface area contributed by atoms with Gasteiger partial charge in [-0.3, -0.25) is 4.98 Å². The Labute approximate surface area is 85.7 Å². The molecule has 0 bridgehead atoms. The number of rotatable bonds is 1. The molecule has 1 atom stereocenters. The molecule has 2 heterocycles. The van der Waals surface area contributed by atoms with E-state index in [1.54, 1.807) is 0 Å². The second kappa shape index (κ2) is 4.56. The molecule has 1 N–H and O–H groups in total. The van der Waals surface area contributed by atoms with Crippen molar-refractivity contribution in [2.45, 2.75) is 38.6 Å². The zero-order valence-electron chi connectivity index (χ0n) is 8.79. The Morgan fingerprint density at radius 1 is 1.36 bits per heavy atom. The van der Waals surface area contributed by atoms with Gasteiger partial charge in [0, 0.05) is 12.2 Å². The number of pyridine rings is 1. The third-order valence-corrected chi connectivity index (χ3v) is 2.94. The van der Waals surface area contributed by atoms with E-state index in [0.29, 0.717) is 6.04 Å². The summed E-state index contributed by atoms with van der Waals surface area (Å²) in [6, 6.07) is 4.64. The monoisotopic (exact) mass is 190 g/mol. The predicted octanol–water partition coefficient (Wildman–Crippen LogP) is 2.59. The van der Waals surface area contributed by atoms with Gasteiger partial charge >= 0.3 is 0 Å². The van der Waals surface area contributed by atoms with Gasteiger partial charge in [0.2, 0.25) is 0 Å². The molecule has 1 aromatic rings. The lowest BCUT2D eigenvalue weighted by atomic mass is 10.0. The fraction of sp³-hybridized carbons (Fsp3) is 0.583. The van der Waals surface area contributed by atoms with Crippen molar-refractivity contribution in [2.75, 3.05) is 6.54 Å². The molecule has 0 aromatic carbocycles. The van der Waals surface area contributed by atoms with E-state index in [-0.39, 0.29) is 0 Å². The number of nitrogens with zero attached hydrogens (tertiary/aromatic N) is 1. The first kappa shape index (κ1) is 9.66. The van der Waals surface area contributed by atoms with E-state index in [2.05, 4.69) is 23.3 Å². The average molecular weight is 190 g/mol. The van der Waals surface area contributed by atoms with Gasteiger partial charge in [-0.25, -0.2) is 0 Å². The molecule has 1 aliphatic heterocycles. The minimum absolute atomic E-state index is 0.485. The number of aromatic nitrogens is 1. The zero-order chi connectivity index (χ0) is 9.80. The predicted molar refractivity (Wildman–Crippen MR) is 58.2 cm³/mol. The summed E-state index contributed by atoms with van der Waals surface area (Å²) in [6.45, 7) is 3.29. The van der Waals surface area contributed by atoms with Crippen molar-refractivity contribution in [2.24, 2.45) is 0 Å². The van der Waals surface area contributed by atoms with Gasteiger partial charge in [-0.1, -0.05) is 18.9 Å². The maximum Gasteiger partial charge on any atom is 0.0602 e. The Kier molecular flexibility index (Phi) is 3.14. The minimum atomic E-state index is 0.485. The Hall–Kier alpha value is -0.890. The van der Waals surface area contributed by atoms with Gasteiger partial charge in [-0.05, 0) is 37.9 Å². The highest BCUT2D eigenvalue weighted by Crippen LogP contribution is 2.22. The van der Waals surface area contributed by atoms with Crippen LogP contribution in [0, 0.1) is 6.92 Å². The molecular weight excluding hydrogens is 172 g/mol. The Bertz CT molecular complexity index is 288. The number of hydrogen-bond donors (Lipinski definition) is 1. The van der Waals surface area contributed by atoms with Crippen LogP contribution in [0.1, 0.15) is 43.0 Å². The van der Waals surface area contributed by atoms with Crippen LogP contribution in [0.25, 0.3) is 0 Å². The van der Waals surface area contributed by atoms with Gasteiger partial charge in [0.1, 0.15) is 0 Å². The number of aryl methyl sites for hydroxylation is 1. The van der Waals surface area contributed by atoms with E-state index in [1.807, 2.05) is 12.3 Å². The van der Waals surface area contributed by atoms with E-state index < -0.39 is 0 Å². The van der Waals surface area contributed by atoms with Crippen molar-refractivity contribution in [1.82, 2.24) is 10.3 Å². The summed E-state index contributed by atoms with van der Waals surface area (Å²) in [4.78, 5) is 4.48. The summed E-state index contributed by atoms with van der Waals surface area (Å²) >= 11 is 0. The van der Waals surface area contributed by atoms with Crippen LogP contribution in [-0.4, -0.2) is 11.5 Å². The van der Waals surface area contributed by atoms with E-state index in [1.165, 1.54) is 36.9 Å². The lowest BCUT2D eigenvalue weighted by Gasteiger charge is -2.16. The summed E-state index contributed by atoms with van der Waals surface area (Å²) in [5, 5.41) is 3.58. The molecule has 0 saturated carbocycles. The quantitative estimate of drug-likeness (QED) is 0.736. The normalized spacial score (nSPS) is 23.1. The zero-order valence-corrected chi connectivity index (χ0v) is 8.79. The molecule has 1 aromatic heterocycles. The second-order valence-corrected chi connectivity index (χ2v) is 4.06. The van der Waals surface area contributed by atoms with Crippen molar-refractivity contribution in [1.29, 1.82) is 0 Å². The van der Waals surface area contributed by atoms with Crippen LogP contribution >= 0.6 is 0 Å². The van der Waals surface area contributed by atoms with Crippen molar-refractivity contribution in [3.63, 3.8) is 0 Å². The molecule has 76 valence electrons. The van der Waals surface area contributed by atoms with E-state index >= 15 is 0 Å². The Morgan fingerprint density at radius 2 is 2.29 bits per heavy atom. The summed E-state index contributed by atoms with van der Waals surface area (Å²) < 4.78 is 0. The summed E-state index contributed by atoms with van der Waals surface area (Å²) in [7, 11) is 0. The van der Waals surface area contributed by atoms with E-state index in [9.17, 15) is 0 Å². The van der Waals surface area contributed by atoms with Crippen molar-refractivity contribution in [3.05, 3.63) is 29.6 Å². The van der Waals surface area contributed by atoms with E-state index in [0.717, 1.165) is 6.54 Å². The van der Waals surface area contributed by atoms with Crippen LogP contribution in [0.5, 0.6) is 0 Å². The average Bonchev–Trinajstić information content (AvgIpc) is 2.47. The molecule has 2 heteroatoms. The van der Waals surface area contributed by atoms with Crippen molar-refractivity contribution >= 4 is 0 Å². The third-order valence-electron chi connectivity index (χ3n) is 2.94. The van der Waals surface area contributed by atoms with Gasteiger partial charge in [0.25, 0.3) is 0 Å². The highest BCUT2D eigenvalue weighted by Gasteiger charge is 2.15. The standard InChI is InChI=1S/C12H18N2/c1-10-6-5-9-14-12(10)11-7-3-2-4-8-13-11/h5-6,9,11,13H,2-4,7-8H2,1H3. The van der Waals surface area contributed by atoms with E-state index in [4.69, 9.17) is 0 Å². The fourth-order valence-corrected chi connectivity index (χ4v) is 2.12. The molecule has 14 heavy (non-hydrogen) atoms. The lowest BCUT2D eigenvalue weighted by Crippen LogP contribution is -2.22. The van der Waals surface area contributed by atoms with Gasteiger partial charge in [-0.15, -0.1) is 0 Å². The first-order valence-electron chi connectivity index (χ1n) is 5.53. The topological polar surface area (TPSA) is 24.9 Å².